The van der Waals surface area contributed by atoms with Crippen molar-refractivity contribution in [3.63, 3.8) is 0 Å². The molecule has 138 valence electrons. The molecule has 6 nitrogen and oxygen atoms in total. The molecule has 1 N–H and O–H groups in total. The highest BCUT2D eigenvalue weighted by molar-refractivity contribution is 6.30. The topological polar surface area (TPSA) is 73.1 Å². The van der Waals surface area contributed by atoms with E-state index in [1.165, 1.54) is 29.0 Å². The van der Waals surface area contributed by atoms with Gasteiger partial charge in [0.1, 0.15) is 12.4 Å². The summed E-state index contributed by atoms with van der Waals surface area (Å²) in [4.78, 5) is 36.7. The fourth-order valence-electron chi connectivity index (χ4n) is 2.53. The normalized spacial score (nSPS) is 10.6. The molecule has 8 heteroatoms. The number of rotatable bonds is 5. The van der Waals surface area contributed by atoms with Gasteiger partial charge in [-0.25, -0.2) is 9.18 Å². The van der Waals surface area contributed by atoms with E-state index in [1.54, 1.807) is 0 Å². The number of halogens is 2. The highest BCUT2D eigenvalue weighted by Gasteiger charge is 2.12. The number of hydrogen-bond acceptors (Lipinski definition) is 3. The Kier molecular flexibility index (Phi) is 5.52. The van der Waals surface area contributed by atoms with Gasteiger partial charge in [0, 0.05) is 17.3 Å². The van der Waals surface area contributed by atoms with Gasteiger partial charge in [0.15, 0.2) is 0 Å². The van der Waals surface area contributed by atoms with Gasteiger partial charge >= 0.3 is 5.69 Å². The molecule has 1 amide bonds. The van der Waals surface area contributed by atoms with E-state index < -0.39 is 29.5 Å². The van der Waals surface area contributed by atoms with Crippen LogP contribution in [-0.2, 0) is 17.9 Å². The molecule has 1 heterocycles. The van der Waals surface area contributed by atoms with Crippen LogP contribution in [0.2, 0.25) is 5.02 Å². The molecule has 0 aliphatic heterocycles. The lowest BCUT2D eigenvalue weighted by Crippen LogP contribution is -2.41. The summed E-state index contributed by atoms with van der Waals surface area (Å²) in [5.41, 5.74) is -0.454. The Labute approximate surface area is 158 Å². The van der Waals surface area contributed by atoms with Crippen LogP contribution < -0.4 is 16.6 Å². The van der Waals surface area contributed by atoms with Crippen LogP contribution in [0.4, 0.5) is 10.1 Å². The number of nitrogens with one attached hydrogen (secondary N) is 1. The molecule has 0 saturated heterocycles. The molecular formula is C19H15ClFN3O3. The summed E-state index contributed by atoms with van der Waals surface area (Å²) in [6.07, 6.45) is 1.38. The van der Waals surface area contributed by atoms with Gasteiger partial charge in [0.25, 0.3) is 5.56 Å². The lowest BCUT2D eigenvalue weighted by Gasteiger charge is -2.11. The molecule has 0 saturated carbocycles. The van der Waals surface area contributed by atoms with Crippen LogP contribution >= 0.6 is 11.6 Å². The summed E-state index contributed by atoms with van der Waals surface area (Å²) in [7, 11) is 0. The predicted molar refractivity (Wildman–Crippen MR) is 101 cm³/mol. The van der Waals surface area contributed by atoms with Gasteiger partial charge in [0.2, 0.25) is 5.91 Å². The maximum atomic E-state index is 13.8. The molecule has 0 bridgehead atoms. The Hall–Kier alpha value is -3.19. The van der Waals surface area contributed by atoms with Gasteiger partial charge in [-0.3, -0.25) is 18.7 Å². The maximum Gasteiger partial charge on any atom is 0.331 e. The van der Waals surface area contributed by atoms with Crippen LogP contribution in [0.5, 0.6) is 0 Å². The van der Waals surface area contributed by atoms with Crippen LogP contribution in [0.1, 0.15) is 5.56 Å². The minimum atomic E-state index is -0.710. The summed E-state index contributed by atoms with van der Waals surface area (Å²) in [5, 5.41) is 2.52. The van der Waals surface area contributed by atoms with E-state index >= 15 is 0 Å². The van der Waals surface area contributed by atoms with E-state index in [0.29, 0.717) is 0 Å². The van der Waals surface area contributed by atoms with Crippen molar-refractivity contribution in [1.29, 1.82) is 0 Å². The van der Waals surface area contributed by atoms with Crippen LogP contribution in [-0.4, -0.2) is 15.0 Å². The largest absolute Gasteiger partial charge is 0.331 e. The smallest absolute Gasteiger partial charge is 0.322 e. The van der Waals surface area contributed by atoms with Gasteiger partial charge in [0.05, 0.1) is 12.2 Å². The molecular weight excluding hydrogens is 373 g/mol. The van der Waals surface area contributed by atoms with E-state index in [2.05, 4.69) is 5.32 Å². The van der Waals surface area contributed by atoms with Crippen LogP contribution in [0.15, 0.2) is 70.4 Å². The summed E-state index contributed by atoms with van der Waals surface area (Å²) < 4.78 is 15.9. The Bertz CT molecular complexity index is 1090. The van der Waals surface area contributed by atoms with Crippen molar-refractivity contribution in [2.24, 2.45) is 0 Å². The molecule has 0 unspecified atom stereocenters. The monoisotopic (exact) mass is 387 g/mol. The summed E-state index contributed by atoms with van der Waals surface area (Å²) in [5.74, 6) is -1.41. The second-order valence-corrected chi connectivity index (χ2v) is 6.24. The van der Waals surface area contributed by atoms with E-state index in [4.69, 9.17) is 11.6 Å². The van der Waals surface area contributed by atoms with E-state index in [0.717, 1.165) is 16.2 Å². The summed E-state index contributed by atoms with van der Waals surface area (Å²) >= 11 is 5.67. The zero-order valence-corrected chi connectivity index (χ0v) is 14.8. The van der Waals surface area contributed by atoms with Gasteiger partial charge in [-0.2, -0.15) is 0 Å². The minimum Gasteiger partial charge on any atom is -0.322 e. The third kappa shape index (κ3) is 4.51. The molecule has 0 atom stereocenters. The first kappa shape index (κ1) is 18.6. The fraction of sp³-hybridized carbons (Fsp3) is 0.105. The van der Waals surface area contributed by atoms with Crippen LogP contribution in [0, 0.1) is 5.82 Å². The van der Waals surface area contributed by atoms with Gasteiger partial charge in [-0.05, 0) is 23.8 Å². The first-order valence-corrected chi connectivity index (χ1v) is 8.41. The number of hydrogen-bond donors (Lipinski definition) is 1. The molecule has 0 fully saturated rings. The molecule has 0 aliphatic rings. The lowest BCUT2D eigenvalue weighted by molar-refractivity contribution is -0.116. The van der Waals surface area contributed by atoms with Crippen molar-refractivity contribution in [3.05, 3.63) is 98.0 Å². The van der Waals surface area contributed by atoms with Gasteiger partial charge in [-0.1, -0.05) is 41.9 Å². The third-order valence-corrected chi connectivity index (χ3v) is 4.08. The fourth-order valence-corrected chi connectivity index (χ4v) is 2.69. The Morgan fingerprint density at radius 3 is 2.52 bits per heavy atom. The van der Waals surface area contributed by atoms with Crippen molar-refractivity contribution >= 4 is 23.2 Å². The number of nitrogens with zero attached hydrogens (tertiary/aromatic N) is 2. The molecule has 0 spiro atoms. The van der Waals surface area contributed by atoms with Crippen molar-refractivity contribution < 1.29 is 9.18 Å². The molecule has 1 aromatic heterocycles. The standard InChI is InChI=1S/C19H15ClFN3O3/c20-14-6-7-16(15(21)10-14)22-17(25)12-24-18(26)8-9-23(19(24)27)11-13-4-2-1-3-5-13/h1-10H,11-12H2,(H,22,25). The van der Waals surface area contributed by atoms with Crippen LogP contribution in [0.25, 0.3) is 0 Å². The summed E-state index contributed by atoms with van der Waals surface area (Å²) in [6, 6.07) is 14.2. The first-order chi connectivity index (χ1) is 12.9. The van der Waals surface area contributed by atoms with Crippen molar-refractivity contribution in [3.8, 4) is 0 Å². The van der Waals surface area contributed by atoms with Crippen molar-refractivity contribution in [2.45, 2.75) is 13.1 Å². The molecule has 3 aromatic rings. The van der Waals surface area contributed by atoms with Crippen molar-refractivity contribution in [2.75, 3.05) is 5.32 Å². The quantitative estimate of drug-likeness (QED) is 0.731. The second kappa shape index (κ2) is 8.01. The van der Waals surface area contributed by atoms with E-state index in [9.17, 15) is 18.8 Å². The summed E-state index contributed by atoms with van der Waals surface area (Å²) in [6.45, 7) is -0.275. The molecule has 2 aromatic carbocycles. The van der Waals surface area contributed by atoms with E-state index in [-0.39, 0.29) is 17.3 Å². The lowest BCUT2D eigenvalue weighted by atomic mass is 10.2. The third-order valence-electron chi connectivity index (χ3n) is 3.84. The average molecular weight is 388 g/mol. The SMILES string of the molecule is O=C(Cn1c(=O)ccn(Cc2ccccc2)c1=O)Nc1ccc(Cl)cc1F. The highest BCUT2D eigenvalue weighted by atomic mass is 35.5. The highest BCUT2D eigenvalue weighted by Crippen LogP contribution is 2.18. The van der Waals surface area contributed by atoms with Crippen molar-refractivity contribution in [1.82, 2.24) is 9.13 Å². The minimum absolute atomic E-state index is 0.0852. The molecule has 0 aliphatic carbocycles. The molecule has 0 radical (unpaired) electrons. The van der Waals surface area contributed by atoms with Crippen LogP contribution in [0.3, 0.4) is 0 Å². The first-order valence-electron chi connectivity index (χ1n) is 8.03. The zero-order valence-electron chi connectivity index (χ0n) is 14.1. The molecule has 3 rings (SSSR count). The Morgan fingerprint density at radius 2 is 1.81 bits per heavy atom. The zero-order chi connectivity index (χ0) is 19.4. The number of carbonyl (C=O) groups is 1. The Balaban J connectivity index is 1.81. The number of amides is 1. The Morgan fingerprint density at radius 1 is 1.07 bits per heavy atom. The average Bonchev–Trinajstić information content (AvgIpc) is 2.64. The predicted octanol–water partition coefficient (Wildman–Crippen LogP) is 2.49. The second-order valence-electron chi connectivity index (χ2n) is 5.81. The molecule has 27 heavy (non-hydrogen) atoms. The number of aromatic nitrogens is 2. The number of anilines is 1. The van der Waals surface area contributed by atoms with E-state index in [1.807, 2.05) is 30.3 Å². The van der Waals surface area contributed by atoms with Gasteiger partial charge in [-0.15, -0.1) is 0 Å². The van der Waals surface area contributed by atoms with Gasteiger partial charge < -0.3 is 5.32 Å². The number of carbonyl (C=O) groups excluding carboxylic acids is 1. The number of benzene rings is 2. The maximum absolute atomic E-state index is 13.8.